The lowest BCUT2D eigenvalue weighted by molar-refractivity contribution is -0.135. The maximum Gasteiger partial charge on any atom is 0.242 e. The van der Waals surface area contributed by atoms with Gasteiger partial charge in [0.05, 0.1) is 6.54 Å². The Morgan fingerprint density at radius 2 is 1.96 bits per heavy atom. The van der Waals surface area contributed by atoms with Crippen molar-refractivity contribution in [2.45, 2.75) is 26.8 Å². The van der Waals surface area contributed by atoms with Crippen molar-refractivity contribution in [3.63, 3.8) is 0 Å². The number of carbonyl (C=O) groups is 2. The molecule has 1 aromatic carbocycles. The van der Waals surface area contributed by atoms with E-state index in [0.717, 1.165) is 6.42 Å². The van der Waals surface area contributed by atoms with Crippen molar-refractivity contribution in [2.75, 3.05) is 32.7 Å². The number of hydrogen-bond donors (Lipinski definition) is 1. The molecule has 25 heavy (non-hydrogen) atoms. The van der Waals surface area contributed by atoms with Crippen LogP contribution in [0, 0.1) is 11.7 Å². The zero-order valence-electron chi connectivity index (χ0n) is 14.7. The summed E-state index contributed by atoms with van der Waals surface area (Å²) in [5.41, 5.74) is 0.491. The molecular weight excluding hydrogens is 345 g/mol. The Hall–Kier alpha value is -1.66. The Morgan fingerprint density at radius 3 is 2.56 bits per heavy atom. The van der Waals surface area contributed by atoms with Gasteiger partial charge in [-0.15, -0.1) is 0 Å². The molecule has 5 nitrogen and oxygen atoms in total. The van der Waals surface area contributed by atoms with E-state index in [1.54, 1.807) is 17.0 Å². The predicted molar refractivity (Wildman–Crippen MR) is 95.7 cm³/mol. The molecular formula is C18H25ClFN3O2. The van der Waals surface area contributed by atoms with E-state index in [1.165, 1.54) is 6.07 Å². The summed E-state index contributed by atoms with van der Waals surface area (Å²) >= 11 is 6.06. The minimum absolute atomic E-state index is 0.0301. The molecule has 1 unspecified atom stereocenters. The summed E-state index contributed by atoms with van der Waals surface area (Å²) in [4.78, 5) is 27.7. The molecule has 1 aliphatic heterocycles. The van der Waals surface area contributed by atoms with Crippen molar-refractivity contribution in [3.05, 3.63) is 34.6 Å². The molecule has 1 saturated heterocycles. The number of hydrogen-bond acceptors (Lipinski definition) is 3. The minimum atomic E-state index is -0.307. The van der Waals surface area contributed by atoms with Crippen molar-refractivity contribution in [2.24, 2.45) is 5.92 Å². The Bertz CT molecular complexity index is 598. The zero-order chi connectivity index (χ0) is 18.4. The number of halogens is 2. The minimum Gasteiger partial charge on any atom is -0.347 e. The number of carbonyl (C=O) groups excluding carboxylic acids is 2. The summed E-state index contributed by atoms with van der Waals surface area (Å²) in [5.74, 6) is -0.571. The summed E-state index contributed by atoms with van der Waals surface area (Å²) in [7, 11) is 0. The Labute approximate surface area is 153 Å². The Balaban J connectivity index is 1.79. The smallest absolute Gasteiger partial charge is 0.242 e. The molecule has 0 spiro atoms. The van der Waals surface area contributed by atoms with Gasteiger partial charge in [-0.25, -0.2) is 4.39 Å². The van der Waals surface area contributed by atoms with Crippen LogP contribution in [0.2, 0.25) is 5.02 Å². The highest BCUT2D eigenvalue weighted by atomic mass is 35.5. The average molecular weight is 370 g/mol. The molecule has 2 amide bonds. The van der Waals surface area contributed by atoms with E-state index in [4.69, 9.17) is 11.6 Å². The largest absolute Gasteiger partial charge is 0.347 e. The third kappa shape index (κ3) is 5.41. The van der Waals surface area contributed by atoms with E-state index in [-0.39, 0.29) is 30.1 Å². The fourth-order valence-electron chi connectivity index (χ4n) is 2.70. The zero-order valence-corrected chi connectivity index (χ0v) is 15.5. The van der Waals surface area contributed by atoms with E-state index in [2.05, 4.69) is 10.2 Å². The third-order valence-corrected chi connectivity index (χ3v) is 5.00. The van der Waals surface area contributed by atoms with Crippen LogP contribution in [-0.4, -0.2) is 54.3 Å². The molecule has 138 valence electrons. The van der Waals surface area contributed by atoms with E-state index < -0.39 is 0 Å². The fourth-order valence-corrected chi connectivity index (χ4v) is 2.92. The number of nitrogens with zero attached hydrogens (tertiary/aromatic N) is 2. The van der Waals surface area contributed by atoms with E-state index in [1.807, 2.05) is 13.8 Å². The fraction of sp³-hybridized carbons (Fsp3) is 0.556. The standard InChI is InChI=1S/C18H25ClFN3O2/c1-3-13(2)18(25)21-11-17(24)23-9-7-22(8-10-23)12-14-15(19)5-4-6-16(14)20/h4-6,13H,3,7-12H2,1-2H3,(H,21,25). The molecule has 0 aliphatic carbocycles. The van der Waals surface area contributed by atoms with Gasteiger partial charge in [-0.3, -0.25) is 14.5 Å². The number of rotatable bonds is 6. The first-order valence-corrected chi connectivity index (χ1v) is 9.00. The first kappa shape index (κ1) is 19.7. The highest BCUT2D eigenvalue weighted by Gasteiger charge is 2.23. The van der Waals surface area contributed by atoms with Crippen molar-refractivity contribution < 1.29 is 14.0 Å². The lowest BCUT2D eigenvalue weighted by Crippen LogP contribution is -2.51. The van der Waals surface area contributed by atoms with Crippen LogP contribution in [0.4, 0.5) is 4.39 Å². The van der Waals surface area contributed by atoms with Crippen molar-refractivity contribution in [1.29, 1.82) is 0 Å². The lowest BCUT2D eigenvalue weighted by atomic mass is 10.1. The molecule has 0 bridgehead atoms. The number of piperazine rings is 1. The Morgan fingerprint density at radius 1 is 1.28 bits per heavy atom. The number of amides is 2. The average Bonchev–Trinajstić information content (AvgIpc) is 2.62. The van der Waals surface area contributed by atoms with Gasteiger partial charge in [-0.05, 0) is 18.6 Å². The first-order chi connectivity index (χ1) is 11.9. The topological polar surface area (TPSA) is 52.7 Å². The van der Waals surface area contributed by atoms with Gasteiger partial charge in [-0.1, -0.05) is 31.5 Å². The molecule has 0 radical (unpaired) electrons. The van der Waals surface area contributed by atoms with Gasteiger partial charge in [0, 0.05) is 49.2 Å². The summed E-state index contributed by atoms with van der Waals surface area (Å²) in [6.07, 6.45) is 0.747. The molecule has 1 N–H and O–H groups in total. The van der Waals surface area contributed by atoms with Crippen LogP contribution >= 0.6 is 11.6 Å². The van der Waals surface area contributed by atoms with Crippen LogP contribution in [0.25, 0.3) is 0 Å². The highest BCUT2D eigenvalue weighted by molar-refractivity contribution is 6.31. The predicted octanol–water partition coefficient (Wildman–Crippen LogP) is 2.29. The Kier molecular flexibility index (Phi) is 7.20. The van der Waals surface area contributed by atoms with Gasteiger partial charge in [0.25, 0.3) is 0 Å². The second kappa shape index (κ2) is 9.15. The third-order valence-electron chi connectivity index (χ3n) is 4.64. The van der Waals surface area contributed by atoms with Crippen LogP contribution in [0.1, 0.15) is 25.8 Å². The van der Waals surface area contributed by atoms with Gasteiger partial charge < -0.3 is 10.2 Å². The van der Waals surface area contributed by atoms with Gasteiger partial charge in [0.15, 0.2) is 0 Å². The van der Waals surface area contributed by atoms with Crippen molar-refractivity contribution >= 4 is 23.4 Å². The summed E-state index contributed by atoms with van der Waals surface area (Å²) in [5, 5.41) is 3.11. The van der Waals surface area contributed by atoms with E-state index >= 15 is 0 Å². The molecule has 1 fully saturated rings. The maximum atomic E-state index is 13.9. The highest BCUT2D eigenvalue weighted by Crippen LogP contribution is 2.21. The molecule has 0 saturated carbocycles. The van der Waals surface area contributed by atoms with Crippen molar-refractivity contribution in [3.8, 4) is 0 Å². The molecule has 2 rings (SSSR count). The summed E-state index contributed by atoms with van der Waals surface area (Å²) in [6, 6.07) is 4.67. The maximum absolute atomic E-state index is 13.9. The van der Waals surface area contributed by atoms with Crippen LogP contribution < -0.4 is 5.32 Å². The second-order valence-electron chi connectivity index (χ2n) is 6.38. The normalized spacial score (nSPS) is 16.6. The number of benzene rings is 1. The van der Waals surface area contributed by atoms with E-state index in [9.17, 15) is 14.0 Å². The molecule has 1 aliphatic rings. The monoisotopic (exact) mass is 369 g/mol. The van der Waals surface area contributed by atoms with Crippen LogP contribution in [0.3, 0.4) is 0 Å². The van der Waals surface area contributed by atoms with E-state index in [0.29, 0.717) is 43.3 Å². The molecule has 1 aromatic rings. The SMILES string of the molecule is CCC(C)C(=O)NCC(=O)N1CCN(Cc2c(F)cccc2Cl)CC1. The summed E-state index contributed by atoms with van der Waals surface area (Å²) in [6.45, 7) is 6.65. The quantitative estimate of drug-likeness (QED) is 0.837. The first-order valence-electron chi connectivity index (χ1n) is 8.63. The van der Waals surface area contributed by atoms with Crippen LogP contribution in [-0.2, 0) is 16.1 Å². The van der Waals surface area contributed by atoms with Crippen LogP contribution in [0.5, 0.6) is 0 Å². The molecule has 1 atom stereocenters. The summed E-state index contributed by atoms with van der Waals surface area (Å²) < 4.78 is 13.9. The molecule has 1 heterocycles. The van der Waals surface area contributed by atoms with Crippen LogP contribution in [0.15, 0.2) is 18.2 Å². The second-order valence-corrected chi connectivity index (χ2v) is 6.79. The lowest BCUT2D eigenvalue weighted by Gasteiger charge is -2.35. The number of nitrogens with one attached hydrogen (secondary N) is 1. The van der Waals surface area contributed by atoms with Gasteiger partial charge in [0.1, 0.15) is 5.82 Å². The van der Waals surface area contributed by atoms with Gasteiger partial charge in [-0.2, -0.15) is 0 Å². The van der Waals surface area contributed by atoms with Gasteiger partial charge in [0.2, 0.25) is 11.8 Å². The van der Waals surface area contributed by atoms with Gasteiger partial charge >= 0.3 is 0 Å². The van der Waals surface area contributed by atoms with Crippen molar-refractivity contribution in [1.82, 2.24) is 15.1 Å². The molecule has 0 aromatic heterocycles. The molecule has 7 heteroatoms.